The summed E-state index contributed by atoms with van der Waals surface area (Å²) in [5.74, 6) is 0.306. The molecule has 28 heavy (non-hydrogen) atoms. The molecule has 0 heterocycles. The normalized spacial score (nSPS) is 10.5. The molecule has 0 saturated heterocycles. The van der Waals surface area contributed by atoms with Crippen LogP contribution in [0.5, 0.6) is 11.5 Å². The van der Waals surface area contributed by atoms with Crippen LogP contribution < -0.4 is 9.47 Å². The summed E-state index contributed by atoms with van der Waals surface area (Å²) in [6, 6.07) is 17.3. The van der Waals surface area contributed by atoms with E-state index >= 15 is 0 Å². The van der Waals surface area contributed by atoms with Gasteiger partial charge in [-0.25, -0.2) is 4.79 Å². The molecule has 0 saturated carbocycles. The smallest absolute Gasteiger partial charge is 0.338 e. The number of hydrogen-bond donors (Lipinski definition) is 0. The van der Waals surface area contributed by atoms with Crippen LogP contribution in [-0.4, -0.2) is 19.2 Å². The van der Waals surface area contributed by atoms with Gasteiger partial charge in [-0.2, -0.15) is 0 Å². The van der Waals surface area contributed by atoms with Gasteiger partial charge in [0.25, 0.3) is 0 Å². The van der Waals surface area contributed by atoms with Crippen LogP contribution in [-0.2, 0) is 11.3 Å². The second kappa shape index (κ2) is 9.29. The SMILES string of the molecule is C=CCOC(=O)c1cc(Cl)c(OCc2cccc3ccccc23)c(OCC)c1. The molecule has 0 aliphatic heterocycles. The zero-order chi connectivity index (χ0) is 19.9. The summed E-state index contributed by atoms with van der Waals surface area (Å²) in [6.07, 6.45) is 1.50. The number of ether oxygens (including phenoxy) is 3. The van der Waals surface area contributed by atoms with Gasteiger partial charge in [0, 0.05) is 0 Å². The highest BCUT2D eigenvalue weighted by molar-refractivity contribution is 6.32. The largest absolute Gasteiger partial charge is 0.490 e. The molecule has 5 heteroatoms. The minimum absolute atomic E-state index is 0.125. The topological polar surface area (TPSA) is 44.8 Å². The molecule has 0 N–H and O–H groups in total. The molecule has 0 bridgehead atoms. The lowest BCUT2D eigenvalue weighted by atomic mass is 10.1. The number of hydrogen-bond acceptors (Lipinski definition) is 4. The maximum absolute atomic E-state index is 12.1. The highest BCUT2D eigenvalue weighted by Gasteiger charge is 2.17. The molecule has 0 radical (unpaired) electrons. The van der Waals surface area contributed by atoms with E-state index in [9.17, 15) is 4.79 Å². The van der Waals surface area contributed by atoms with Gasteiger partial charge in [-0.1, -0.05) is 66.7 Å². The third-order valence-corrected chi connectivity index (χ3v) is 4.41. The molecule has 3 aromatic rings. The Balaban J connectivity index is 1.88. The van der Waals surface area contributed by atoms with Crippen LogP contribution in [0.4, 0.5) is 0 Å². The van der Waals surface area contributed by atoms with Crippen molar-refractivity contribution in [3.63, 3.8) is 0 Å². The lowest BCUT2D eigenvalue weighted by molar-refractivity contribution is 0.0549. The number of carbonyl (C=O) groups is 1. The highest BCUT2D eigenvalue weighted by Crippen LogP contribution is 2.37. The Labute approximate surface area is 169 Å². The maximum atomic E-state index is 12.1. The molecule has 4 nitrogen and oxygen atoms in total. The quantitative estimate of drug-likeness (QED) is 0.356. The van der Waals surface area contributed by atoms with E-state index in [0.717, 1.165) is 16.3 Å². The first-order valence-corrected chi connectivity index (χ1v) is 9.35. The van der Waals surface area contributed by atoms with E-state index in [1.54, 1.807) is 6.07 Å². The maximum Gasteiger partial charge on any atom is 0.338 e. The van der Waals surface area contributed by atoms with E-state index in [0.29, 0.717) is 30.3 Å². The molecule has 0 fully saturated rings. The minimum atomic E-state index is -0.497. The average Bonchev–Trinajstić information content (AvgIpc) is 2.71. The fourth-order valence-electron chi connectivity index (χ4n) is 2.88. The summed E-state index contributed by atoms with van der Waals surface area (Å²) < 4.78 is 16.7. The molecular weight excluding hydrogens is 376 g/mol. The Hall–Kier alpha value is -2.98. The summed E-state index contributed by atoms with van der Waals surface area (Å²) in [4.78, 5) is 12.1. The van der Waals surface area contributed by atoms with E-state index in [4.69, 9.17) is 25.8 Å². The van der Waals surface area contributed by atoms with Crippen LogP contribution in [0.15, 0.2) is 67.3 Å². The summed E-state index contributed by atoms with van der Waals surface area (Å²) in [5, 5.41) is 2.54. The van der Waals surface area contributed by atoms with Crippen molar-refractivity contribution in [2.45, 2.75) is 13.5 Å². The summed E-state index contributed by atoms with van der Waals surface area (Å²) in [5.41, 5.74) is 1.33. The number of fused-ring (bicyclic) bond motifs is 1. The van der Waals surface area contributed by atoms with Gasteiger partial charge in [0.15, 0.2) is 11.5 Å². The molecule has 0 atom stereocenters. The Morgan fingerprint density at radius 1 is 1.11 bits per heavy atom. The molecule has 3 rings (SSSR count). The zero-order valence-corrected chi connectivity index (χ0v) is 16.4. The van der Waals surface area contributed by atoms with Crippen LogP contribution in [0.25, 0.3) is 10.8 Å². The first-order valence-electron chi connectivity index (χ1n) is 8.97. The fraction of sp³-hybridized carbons (Fsp3) is 0.174. The standard InChI is InChI=1S/C23H21ClO4/c1-3-12-27-23(25)18-13-20(24)22(21(14-18)26-4-2)28-15-17-10-7-9-16-8-5-6-11-19(16)17/h3,5-11,13-14H,1,4,12,15H2,2H3. The van der Waals surface area contributed by atoms with Crippen LogP contribution >= 0.6 is 11.6 Å². The molecule has 0 spiro atoms. The Morgan fingerprint density at radius 3 is 2.68 bits per heavy atom. The first kappa shape index (κ1) is 19.8. The Morgan fingerprint density at radius 2 is 1.89 bits per heavy atom. The van der Waals surface area contributed by atoms with Gasteiger partial charge in [-0.05, 0) is 35.4 Å². The van der Waals surface area contributed by atoms with Crippen molar-refractivity contribution in [2.75, 3.05) is 13.2 Å². The van der Waals surface area contributed by atoms with Gasteiger partial charge in [0.2, 0.25) is 0 Å². The van der Waals surface area contributed by atoms with Gasteiger partial charge in [-0.3, -0.25) is 0 Å². The molecule has 3 aromatic carbocycles. The summed E-state index contributed by atoms with van der Waals surface area (Å²) in [7, 11) is 0. The monoisotopic (exact) mass is 396 g/mol. The van der Waals surface area contributed by atoms with Crippen LogP contribution in [0.3, 0.4) is 0 Å². The number of esters is 1. The average molecular weight is 397 g/mol. The second-order valence-electron chi connectivity index (χ2n) is 6.03. The van der Waals surface area contributed by atoms with E-state index in [2.05, 4.69) is 24.8 Å². The van der Waals surface area contributed by atoms with Gasteiger partial charge in [0.05, 0.1) is 17.2 Å². The molecule has 144 valence electrons. The number of carbonyl (C=O) groups excluding carboxylic acids is 1. The number of halogens is 1. The second-order valence-corrected chi connectivity index (χ2v) is 6.44. The van der Waals surface area contributed by atoms with Crippen molar-refractivity contribution < 1.29 is 19.0 Å². The van der Waals surface area contributed by atoms with Crippen molar-refractivity contribution >= 4 is 28.3 Å². The molecule has 0 aliphatic rings. The third kappa shape index (κ3) is 4.46. The zero-order valence-electron chi connectivity index (χ0n) is 15.6. The third-order valence-electron chi connectivity index (χ3n) is 4.13. The molecule has 0 aliphatic carbocycles. The molecule has 0 amide bonds. The van der Waals surface area contributed by atoms with Gasteiger partial charge < -0.3 is 14.2 Å². The summed E-state index contributed by atoms with van der Waals surface area (Å²) >= 11 is 6.40. The van der Waals surface area contributed by atoms with Crippen LogP contribution in [0.1, 0.15) is 22.8 Å². The first-order chi connectivity index (χ1) is 13.6. The number of rotatable bonds is 8. The van der Waals surface area contributed by atoms with Gasteiger partial charge in [0.1, 0.15) is 13.2 Å². The van der Waals surface area contributed by atoms with Crippen molar-refractivity contribution in [2.24, 2.45) is 0 Å². The van der Waals surface area contributed by atoms with Crippen LogP contribution in [0.2, 0.25) is 5.02 Å². The van der Waals surface area contributed by atoms with Crippen molar-refractivity contribution in [3.8, 4) is 11.5 Å². The van der Waals surface area contributed by atoms with Gasteiger partial charge in [-0.15, -0.1) is 0 Å². The lowest BCUT2D eigenvalue weighted by Crippen LogP contribution is -2.07. The number of benzene rings is 3. The predicted octanol–water partition coefficient (Wildman–Crippen LogP) is 5.81. The van der Waals surface area contributed by atoms with E-state index in [-0.39, 0.29) is 11.6 Å². The molecule has 0 unspecified atom stereocenters. The van der Waals surface area contributed by atoms with Crippen molar-refractivity contribution in [1.29, 1.82) is 0 Å². The minimum Gasteiger partial charge on any atom is -0.490 e. The van der Waals surface area contributed by atoms with E-state index in [1.807, 2.05) is 31.2 Å². The van der Waals surface area contributed by atoms with Crippen molar-refractivity contribution in [1.82, 2.24) is 0 Å². The predicted molar refractivity (Wildman–Crippen MR) is 111 cm³/mol. The van der Waals surface area contributed by atoms with Gasteiger partial charge >= 0.3 is 5.97 Å². The van der Waals surface area contributed by atoms with E-state index in [1.165, 1.54) is 12.1 Å². The molecule has 0 aromatic heterocycles. The van der Waals surface area contributed by atoms with Crippen molar-refractivity contribution in [3.05, 3.63) is 83.4 Å². The van der Waals surface area contributed by atoms with E-state index < -0.39 is 5.97 Å². The lowest BCUT2D eigenvalue weighted by Gasteiger charge is -2.16. The fourth-order valence-corrected chi connectivity index (χ4v) is 3.14. The highest BCUT2D eigenvalue weighted by atomic mass is 35.5. The summed E-state index contributed by atoms with van der Waals surface area (Å²) in [6.45, 7) is 6.24. The Kier molecular flexibility index (Phi) is 6.56. The molecular formula is C23H21ClO4. The van der Waals surface area contributed by atoms with Crippen LogP contribution in [0, 0.1) is 0 Å². The Bertz CT molecular complexity index is 992.